The highest BCUT2D eigenvalue weighted by atomic mass is 16.3. The topological polar surface area (TPSA) is 81.1 Å². The van der Waals surface area contributed by atoms with Gasteiger partial charge < -0.3 is 24.9 Å². The third kappa shape index (κ3) is 6.08. The first-order chi connectivity index (χ1) is 14.5. The zero-order valence-corrected chi connectivity index (χ0v) is 17.7. The lowest BCUT2D eigenvalue weighted by Crippen LogP contribution is -2.51. The second kappa shape index (κ2) is 10.8. The van der Waals surface area contributed by atoms with Crippen molar-refractivity contribution >= 4 is 17.5 Å². The maximum absolute atomic E-state index is 12.2. The number of hydrogen-bond acceptors (Lipinski definition) is 6. The molecule has 2 heterocycles. The van der Waals surface area contributed by atoms with Crippen molar-refractivity contribution in [2.24, 2.45) is 0 Å². The van der Waals surface area contributed by atoms with E-state index in [2.05, 4.69) is 32.6 Å². The van der Waals surface area contributed by atoms with Gasteiger partial charge >= 0.3 is 11.8 Å². The predicted molar refractivity (Wildman–Crippen MR) is 116 cm³/mol. The molecule has 0 saturated carbocycles. The van der Waals surface area contributed by atoms with Crippen LogP contribution in [0, 0.1) is 0 Å². The van der Waals surface area contributed by atoms with Crippen molar-refractivity contribution in [3.63, 3.8) is 0 Å². The van der Waals surface area contributed by atoms with Crippen molar-refractivity contribution < 1.29 is 14.0 Å². The van der Waals surface area contributed by atoms with Crippen LogP contribution < -0.4 is 15.5 Å². The Kier molecular flexibility index (Phi) is 7.87. The first-order valence-corrected chi connectivity index (χ1v) is 10.3. The van der Waals surface area contributed by atoms with Crippen LogP contribution in [0.25, 0.3) is 0 Å². The Bertz CT molecular complexity index is 786. The number of carbonyl (C=O) groups excluding carboxylic acids is 2. The third-order valence-electron chi connectivity index (χ3n) is 5.25. The van der Waals surface area contributed by atoms with Crippen LogP contribution in [0.3, 0.4) is 0 Å². The molecule has 2 aromatic rings. The van der Waals surface area contributed by atoms with Gasteiger partial charge in [-0.3, -0.25) is 14.5 Å². The molecule has 30 heavy (non-hydrogen) atoms. The number of nitrogens with zero attached hydrogens (tertiary/aromatic N) is 3. The van der Waals surface area contributed by atoms with Gasteiger partial charge in [-0.25, -0.2) is 0 Å². The summed E-state index contributed by atoms with van der Waals surface area (Å²) in [6, 6.07) is 14.0. The molecule has 2 amide bonds. The van der Waals surface area contributed by atoms with Gasteiger partial charge in [0, 0.05) is 51.5 Å². The molecule has 0 aliphatic carbocycles. The van der Waals surface area contributed by atoms with Crippen LogP contribution in [-0.4, -0.2) is 81.5 Å². The van der Waals surface area contributed by atoms with Crippen LogP contribution in [0.1, 0.15) is 11.8 Å². The Balaban J connectivity index is 1.54. The molecular weight excluding hydrogens is 382 g/mol. The van der Waals surface area contributed by atoms with E-state index in [-0.39, 0.29) is 6.04 Å². The molecule has 1 aliphatic heterocycles. The summed E-state index contributed by atoms with van der Waals surface area (Å²) in [6.07, 6.45) is 1.64. The van der Waals surface area contributed by atoms with E-state index in [0.29, 0.717) is 19.6 Å². The van der Waals surface area contributed by atoms with Gasteiger partial charge in [-0.1, -0.05) is 18.2 Å². The van der Waals surface area contributed by atoms with E-state index in [9.17, 15) is 9.59 Å². The van der Waals surface area contributed by atoms with Crippen LogP contribution in [0.5, 0.6) is 0 Å². The van der Waals surface area contributed by atoms with E-state index in [4.69, 9.17) is 4.42 Å². The van der Waals surface area contributed by atoms with Crippen LogP contribution >= 0.6 is 0 Å². The molecule has 1 atom stereocenters. The molecule has 3 rings (SSSR count). The second-order valence-electron chi connectivity index (χ2n) is 7.66. The Morgan fingerprint density at radius 1 is 1.00 bits per heavy atom. The summed E-state index contributed by atoms with van der Waals surface area (Å²) in [7, 11) is 3.83. The molecule has 8 nitrogen and oxygen atoms in total. The Labute approximate surface area is 177 Å². The van der Waals surface area contributed by atoms with Gasteiger partial charge in [0.25, 0.3) is 0 Å². The molecule has 1 aliphatic rings. The highest BCUT2D eigenvalue weighted by Crippen LogP contribution is 2.24. The number of benzene rings is 1. The van der Waals surface area contributed by atoms with E-state index >= 15 is 0 Å². The predicted octanol–water partition coefficient (Wildman–Crippen LogP) is 0.937. The first-order valence-electron chi connectivity index (χ1n) is 10.3. The molecule has 1 aromatic heterocycles. The average Bonchev–Trinajstić information content (AvgIpc) is 3.29. The summed E-state index contributed by atoms with van der Waals surface area (Å²) in [4.78, 5) is 30.8. The number of piperazine rings is 1. The smallest absolute Gasteiger partial charge is 0.309 e. The van der Waals surface area contributed by atoms with Crippen molar-refractivity contribution in [1.29, 1.82) is 0 Å². The molecule has 162 valence electrons. The fraction of sp³-hybridized carbons (Fsp3) is 0.455. The Hall–Kier alpha value is -2.84. The lowest BCUT2D eigenvalue weighted by atomic mass is 10.1. The van der Waals surface area contributed by atoms with E-state index in [1.54, 1.807) is 6.26 Å². The Morgan fingerprint density at radius 3 is 2.33 bits per heavy atom. The molecule has 0 bridgehead atoms. The zero-order chi connectivity index (χ0) is 21.3. The molecule has 1 aromatic carbocycles. The van der Waals surface area contributed by atoms with Gasteiger partial charge in [0.05, 0.1) is 12.3 Å². The summed E-state index contributed by atoms with van der Waals surface area (Å²) in [6.45, 7) is 4.89. The fourth-order valence-corrected chi connectivity index (χ4v) is 3.56. The van der Waals surface area contributed by atoms with Gasteiger partial charge in [0.2, 0.25) is 0 Å². The van der Waals surface area contributed by atoms with E-state index in [1.165, 1.54) is 5.69 Å². The molecule has 0 radical (unpaired) electrons. The minimum Gasteiger partial charge on any atom is -0.468 e. The largest absolute Gasteiger partial charge is 0.468 e. The maximum Gasteiger partial charge on any atom is 0.309 e. The van der Waals surface area contributed by atoms with Crippen molar-refractivity contribution in [3.8, 4) is 0 Å². The molecular formula is C22H31N5O3. The van der Waals surface area contributed by atoms with Crippen molar-refractivity contribution in [3.05, 3.63) is 54.5 Å². The van der Waals surface area contributed by atoms with Gasteiger partial charge in [-0.05, 0) is 38.4 Å². The summed E-state index contributed by atoms with van der Waals surface area (Å²) in [5.74, 6) is -0.436. The maximum atomic E-state index is 12.2. The zero-order valence-electron chi connectivity index (χ0n) is 17.7. The molecule has 0 unspecified atom stereocenters. The number of rotatable bonds is 8. The number of furan rings is 1. The quantitative estimate of drug-likeness (QED) is 0.627. The van der Waals surface area contributed by atoms with Crippen molar-refractivity contribution in [2.45, 2.75) is 6.04 Å². The molecule has 2 N–H and O–H groups in total. The van der Waals surface area contributed by atoms with E-state index < -0.39 is 11.8 Å². The molecule has 8 heteroatoms. The number of carbonyl (C=O) groups is 2. The Morgan fingerprint density at radius 2 is 1.70 bits per heavy atom. The van der Waals surface area contributed by atoms with Gasteiger partial charge in [0.15, 0.2) is 0 Å². The number of likely N-dealkylation sites (N-methyl/N-ethyl adjacent to an activating group) is 1. The second-order valence-corrected chi connectivity index (χ2v) is 7.66. The minimum absolute atomic E-state index is 0.114. The van der Waals surface area contributed by atoms with Crippen molar-refractivity contribution in [1.82, 2.24) is 20.4 Å². The normalized spacial score (nSPS) is 15.8. The molecule has 0 spiro atoms. The van der Waals surface area contributed by atoms with Crippen LogP contribution in [0.15, 0.2) is 53.1 Å². The number of amides is 2. The monoisotopic (exact) mass is 413 g/mol. The number of hydrogen-bond donors (Lipinski definition) is 2. The third-order valence-corrected chi connectivity index (χ3v) is 5.25. The summed E-state index contributed by atoms with van der Waals surface area (Å²) in [5, 5.41) is 5.41. The first kappa shape index (κ1) is 21.9. The molecule has 1 saturated heterocycles. The van der Waals surface area contributed by atoms with Gasteiger partial charge in [-0.2, -0.15) is 0 Å². The number of anilines is 1. The highest BCUT2D eigenvalue weighted by Gasteiger charge is 2.28. The standard InChI is InChI=1S/C22H31N5O3/c1-25(2)11-10-23-21(28)22(29)24-17-19(20-9-6-16-30-20)27-14-12-26(13-15-27)18-7-4-3-5-8-18/h3-9,16,19H,10-15,17H2,1-2H3,(H,23,28)(H,24,29)/t19-/m1/s1. The van der Waals surface area contributed by atoms with Crippen molar-refractivity contribution in [2.75, 3.05) is 64.8 Å². The minimum atomic E-state index is -0.617. The molecule has 1 fully saturated rings. The lowest BCUT2D eigenvalue weighted by molar-refractivity contribution is -0.139. The van der Waals surface area contributed by atoms with E-state index in [0.717, 1.165) is 31.9 Å². The van der Waals surface area contributed by atoms with Crippen LogP contribution in [0.2, 0.25) is 0 Å². The summed E-state index contributed by atoms with van der Waals surface area (Å²) in [5.41, 5.74) is 1.22. The van der Waals surface area contributed by atoms with Crippen LogP contribution in [0.4, 0.5) is 5.69 Å². The van der Waals surface area contributed by atoms with Gasteiger partial charge in [-0.15, -0.1) is 0 Å². The number of para-hydroxylation sites is 1. The lowest BCUT2D eigenvalue weighted by Gasteiger charge is -2.39. The summed E-state index contributed by atoms with van der Waals surface area (Å²) >= 11 is 0. The SMILES string of the molecule is CN(C)CCNC(=O)C(=O)NC[C@H](c1ccco1)N1CCN(c2ccccc2)CC1. The highest BCUT2D eigenvalue weighted by molar-refractivity contribution is 6.35. The van der Waals surface area contributed by atoms with Gasteiger partial charge in [0.1, 0.15) is 5.76 Å². The average molecular weight is 414 g/mol. The summed E-state index contributed by atoms with van der Waals surface area (Å²) < 4.78 is 5.63. The number of nitrogens with one attached hydrogen (secondary N) is 2. The fourth-order valence-electron chi connectivity index (χ4n) is 3.56. The van der Waals surface area contributed by atoms with E-state index in [1.807, 2.05) is 49.3 Å². The van der Waals surface area contributed by atoms with Crippen LogP contribution in [-0.2, 0) is 9.59 Å².